The van der Waals surface area contributed by atoms with E-state index >= 15 is 0 Å². The average molecular weight is 330 g/mol. The molecule has 0 saturated heterocycles. The highest BCUT2D eigenvalue weighted by Crippen LogP contribution is 2.55. The van der Waals surface area contributed by atoms with E-state index in [4.69, 9.17) is 0 Å². The maximum atomic E-state index is 9.59. The summed E-state index contributed by atoms with van der Waals surface area (Å²) in [6, 6.07) is 6.72. The van der Waals surface area contributed by atoms with Crippen molar-refractivity contribution in [1.82, 2.24) is 0 Å². The van der Waals surface area contributed by atoms with Gasteiger partial charge < -0.3 is 0 Å². The van der Waals surface area contributed by atoms with Crippen LogP contribution in [-0.4, -0.2) is 0 Å². The van der Waals surface area contributed by atoms with Crippen molar-refractivity contribution in [2.45, 2.75) is 56.7 Å². The van der Waals surface area contributed by atoms with Gasteiger partial charge in [0.15, 0.2) is 0 Å². The maximum absolute atomic E-state index is 9.59. The van der Waals surface area contributed by atoms with Gasteiger partial charge in [0.1, 0.15) is 6.07 Å². The zero-order valence-electron chi connectivity index (χ0n) is 13.8. The van der Waals surface area contributed by atoms with E-state index in [2.05, 4.69) is 52.5 Å². The van der Waals surface area contributed by atoms with Crippen molar-refractivity contribution in [3.63, 3.8) is 0 Å². The second-order valence-electron chi connectivity index (χ2n) is 6.23. The zero-order chi connectivity index (χ0) is 16.3. The molecule has 1 aliphatic heterocycles. The molecule has 0 fully saturated rings. The summed E-state index contributed by atoms with van der Waals surface area (Å²) in [5.41, 5.74) is 4.35. The Hall–Kier alpha value is -1.11. The number of thioether (sulfide) groups is 2. The number of nitriles is 1. The van der Waals surface area contributed by atoms with Gasteiger partial charge in [0.25, 0.3) is 0 Å². The predicted octanol–water partition coefficient (Wildman–Crippen LogP) is 6.62. The predicted molar refractivity (Wildman–Crippen MR) is 98.1 cm³/mol. The first kappa shape index (κ1) is 17.2. The van der Waals surface area contributed by atoms with Crippen LogP contribution >= 0.6 is 23.5 Å². The third-order valence-electron chi connectivity index (χ3n) is 3.82. The Bertz CT molecular complexity index is 630. The molecule has 3 heteroatoms. The van der Waals surface area contributed by atoms with Gasteiger partial charge >= 0.3 is 0 Å². The van der Waals surface area contributed by atoms with Crippen LogP contribution in [0.15, 0.2) is 43.9 Å². The number of aryl methyl sites for hydroxylation is 2. The topological polar surface area (TPSA) is 23.8 Å². The molecule has 0 amide bonds. The molecule has 1 aromatic rings. The second-order valence-corrected chi connectivity index (χ2v) is 8.53. The van der Waals surface area contributed by atoms with Crippen LogP contribution in [0.3, 0.4) is 0 Å². The van der Waals surface area contributed by atoms with Crippen LogP contribution < -0.4 is 0 Å². The molecule has 2 rings (SSSR count). The van der Waals surface area contributed by atoms with Crippen LogP contribution in [-0.2, 0) is 0 Å². The Labute approximate surface area is 142 Å². The molecule has 0 N–H and O–H groups in total. The quantitative estimate of drug-likeness (QED) is 0.567. The van der Waals surface area contributed by atoms with Crippen molar-refractivity contribution in [3.05, 3.63) is 45.2 Å². The molecular weight excluding hydrogens is 306 g/mol. The minimum absolute atomic E-state index is 0.704. The molecule has 0 atom stereocenters. The fraction of sp³-hybridized carbons (Fsp3) is 0.421. The minimum Gasteiger partial charge on any atom is -0.192 e. The van der Waals surface area contributed by atoms with Crippen LogP contribution in [0.4, 0.5) is 0 Å². The lowest BCUT2D eigenvalue weighted by Crippen LogP contribution is -1.92. The monoisotopic (exact) mass is 329 g/mol. The SMILES string of the molecule is C=C(CCCC(C)C)C(C#N)=C1Sc2c(C)ccc(C)c2S1. The van der Waals surface area contributed by atoms with Gasteiger partial charge in [-0.2, -0.15) is 5.26 Å². The highest BCUT2D eigenvalue weighted by atomic mass is 32.2. The lowest BCUT2D eigenvalue weighted by Gasteiger charge is -2.08. The molecule has 0 bridgehead atoms. The summed E-state index contributed by atoms with van der Waals surface area (Å²) in [7, 11) is 0. The van der Waals surface area contributed by atoms with Gasteiger partial charge in [-0.1, -0.05) is 62.5 Å². The molecule has 1 heterocycles. The van der Waals surface area contributed by atoms with Gasteiger partial charge in [0.2, 0.25) is 0 Å². The fourth-order valence-corrected chi connectivity index (χ4v) is 5.28. The summed E-state index contributed by atoms with van der Waals surface area (Å²) >= 11 is 3.47. The number of benzene rings is 1. The molecule has 1 aromatic carbocycles. The number of hydrogen-bond acceptors (Lipinski definition) is 3. The summed E-state index contributed by atoms with van der Waals surface area (Å²) in [4.78, 5) is 2.62. The summed E-state index contributed by atoms with van der Waals surface area (Å²) in [5, 5.41) is 9.59. The van der Waals surface area contributed by atoms with Crippen molar-refractivity contribution < 1.29 is 0 Å². The molecule has 1 aliphatic rings. The third kappa shape index (κ3) is 3.80. The Morgan fingerprint density at radius 1 is 1.18 bits per heavy atom. The Morgan fingerprint density at radius 2 is 1.73 bits per heavy atom. The van der Waals surface area contributed by atoms with E-state index in [0.29, 0.717) is 5.92 Å². The average Bonchev–Trinajstić information content (AvgIpc) is 2.89. The third-order valence-corrected chi connectivity index (χ3v) is 6.69. The Kier molecular flexibility index (Phi) is 5.83. The van der Waals surface area contributed by atoms with Crippen LogP contribution in [0.2, 0.25) is 0 Å². The molecule has 0 aromatic heterocycles. The molecule has 116 valence electrons. The molecule has 0 radical (unpaired) electrons. The lowest BCUT2D eigenvalue weighted by atomic mass is 10.0. The number of allylic oxidation sites excluding steroid dienone is 2. The largest absolute Gasteiger partial charge is 0.192 e. The summed E-state index contributed by atoms with van der Waals surface area (Å²) in [6.45, 7) is 12.9. The number of hydrogen-bond donors (Lipinski definition) is 0. The van der Waals surface area contributed by atoms with Crippen LogP contribution in [0.1, 0.15) is 44.2 Å². The van der Waals surface area contributed by atoms with Crippen molar-refractivity contribution in [1.29, 1.82) is 5.26 Å². The van der Waals surface area contributed by atoms with Gasteiger partial charge in [-0.3, -0.25) is 0 Å². The van der Waals surface area contributed by atoms with E-state index in [1.807, 2.05) is 0 Å². The van der Waals surface area contributed by atoms with Gasteiger partial charge in [-0.15, -0.1) is 0 Å². The van der Waals surface area contributed by atoms with Gasteiger partial charge in [0.05, 0.1) is 9.81 Å². The molecule has 0 saturated carbocycles. The minimum atomic E-state index is 0.704. The van der Waals surface area contributed by atoms with Crippen molar-refractivity contribution in [3.8, 4) is 6.07 Å². The first-order valence-corrected chi connectivity index (χ1v) is 9.35. The highest BCUT2D eigenvalue weighted by molar-refractivity contribution is 8.24. The summed E-state index contributed by atoms with van der Waals surface area (Å²) < 4.78 is 1.10. The van der Waals surface area contributed by atoms with E-state index in [1.165, 1.54) is 27.3 Å². The summed E-state index contributed by atoms with van der Waals surface area (Å²) in [5.74, 6) is 0.704. The van der Waals surface area contributed by atoms with E-state index in [0.717, 1.165) is 28.2 Å². The van der Waals surface area contributed by atoms with Crippen LogP contribution in [0.5, 0.6) is 0 Å². The second kappa shape index (κ2) is 7.44. The van der Waals surface area contributed by atoms with Crippen molar-refractivity contribution >= 4 is 23.5 Å². The van der Waals surface area contributed by atoms with E-state index in [-0.39, 0.29) is 0 Å². The maximum Gasteiger partial charge on any atom is 0.101 e. The van der Waals surface area contributed by atoms with Crippen molar-refractivity contribution in [2.75, 3.05) is 0 Å². The first-order valence-electron chi connectivity index (χ1n) is 7.72. The van der Waals surface area contributed by atoms with Crippen LogP contribution in [0.25, 0.3) is 0 Å². The fourth-order valence-electron chi connectivity index (χ4n) is 2.44. The molecule has 0 aliphatic carbocycles. The lowest BCUT2D eigenvalue weighted by molar-refractivity contribution is 0.556. The zero-order valence-corrected chi connectivity index (χ0v) is 15.5. The molecule has 0 unspecified atom stereocenters. The number of rotatable bonds is 5. The number of nitrogens with zero attached hydrogens (tertiary/aromatic N) is 1. The standard InChI is InChI=1S/C19H23NS2/c1-12(2)7-6-8-13(3)16(11-20)19-21-17-14(4)9-10-15(5)18(17)22-19/h9-10,12H,3,6-8H2,1-2,4-5H3. The van der Waals surface area contributed by atoms with E-state index in [1.54, 1.807) is 23.5 Å². The highest BCUT2D eigenvalue weighted by Gasteiger charge is 2.25. The van der Waals surface area contributed by atoms with Crippen molar-refractivity contribution in [2.24, 2.45) is 5.92 Å². The smallest absolute Gasteiger partial charge is 0.101 e. The van der Waals surface area contributed by atoms with Crippen LogP contribution in [0, 0.1) is 31.1 Å². The van der Waals surface area contributed by atoms with Gasteiger partial charge in [0, 0.05) is 9.79 Å². The van der Waals surface area contributed by atoms with E-state index in [9.17, 15) is 5.26 Å². The molecule has 1 nitrogen and oxygen atoms in total. The molecular formula is C19H23NS2. The van der Waals surface area contributed by atoms with E-state index < -0.39 is 0 Å². The Balaban J connectivity index is 2.20. The van der Waals surface area contributed by atoms with Gasteiger partial charge in [-0.05, 0) is 49.3 Å². The summed E-state index contributed by atoms with van der Waals surface area (Å²) in [6.07, 6.45) is 3.21. The molecule has 22 heavy (non-hydrogen) atoms. The van der Waals surface area contributed by atoms with Gasteiger partial charge in [-0.25, -0.2) is 0 Å². The normalized spacial score (nSPS) is 13.2. The molecule has 0 spiro atoms. The first-order chi connectivity index (χ1) is 10.4. The number of fused-ring (bicyclic) bond motifs is 1. The Morgan fingerprint density at radius 3 is 2.18 bits per heavy atom.